The van der Waals surface area contributed by atoms with Gasteiger partial charge < -0.3 is 5.32 Å². The molecule has 0 aromatic heterocycles. The minimum Gasteiger partial charge on any atom is -0.329 e. The van der Waals surface area contributed by atoms with Crippen LogP contribution in [0.25, 0.3) is 0 Å². The molecule has 1 saturated carbocycles. The molecule has 2 nitrogen and oxygen atoms in total. The normalized spacial score (nSPS) is 38.4. The number of hydrogen-bond acceptors (Lipinski definition) is 1. The lowest BCUT2D eigenvalue weighted by atomic mass is 10.0. The molecule has 1 fully saturated rings. The van der Waals surface area contributed by atoms with Crippen LogP contribution in [0, 0.1) is 11.8 Å². The fraction of sp³-hybridized carbons (Fsp3) is 0.444. The van der Waals surface area contributed by atoms with Gasteiger partial charge in [0.2, 0.25) is 5.91 Å². The molecule has 3 aliphatic rings. The molecule has 56 valence electrons. The van der Waals surface area contributed by atoms with Gasteiger partial charge in [-0.3, -0.25) is 4.79 Å². The van der Waals surface area contributed by atoms with E-state index in [1.807, 2.05) is 0 Å². The molecule has 2 atom stereocenters. The summed E-state index contributed by atoms with van der Waals surface area (Å²) in [6.07, 6.45) is 6.20. The van der Waals surface area contributed by atoms with Crippen molar-refractivity contribution < 1.29 is 4.79 Å². The molecule has 1 heterocycles. The highest BCUT2D eigenvalue weighted by molar-refractivity contribution is 5.85. The molecular weight excluding hydrogens is 138 g/mol. The molecule has 0 spiro atoms. The van der Waals surface area contributed by atoms with Gasteiger partial charge in [0.1, 0.15) is 0 Å². The number of fused-ring (bicyclic) bond motifs is 2. The Kier molecular flexibility index (Phi) is 0.799. The molecule has 1 N–H and O–H groups in total. The minimum atomic E-state index is 0.173. The Morgan fingerprint density at radius 1 is 1.55 bits per heavy atom. The summed E-state index contributed by atoms with van der Waals surface area (Å²) in [7, 11) is 0. The molecule has 2 unspecified atom stereocenters. The topological polar surface area (TPSA) is 29.1 Å². The maximum absolute atomic E-state index is 11.0. The average molecular weight is 147 g/mol. The highest BCUT2D eigenvalue weighted by Gasteiger charge is 2.43. The van der Waals surface area contributed by atoms with Crippen LogP contribution in [0.4, 0.5) is 0 Å². The zero-order valence-electron chi connectivity index (χ0n) is 6.13. The lowest BCUT2D eigenvalue weighted by Gasteiger charge is -2.05. The van der Waals surface area contributed by atoms with Crippen molar-refractivity contribution in [2.45, 2.75) is 12.8 Å². The summed E-state index contributed by atoms with van der Waals surface area (Å²) >= 11 is 0. The summed E-state index contributed by atoms with van der Waals surface area (Å²) < 4.78 is 0. The van der Waals surface area contributed by atoms with Gasteiger partial charge in [0.15, 0.2) is 0 Å². The maximum Gasteiger partial charge on any atom is 0.228 e. The quantitative estimate of drug-likeness (QED) is 0.543. The van der Waals surface area contributed by atoms with Gasteiger partial charge in [0, 0.05) is 11.6 Å². The van der Waals surface area contributed by atoms with Crippen LogP contribution < -0.4 is 5.32 Å². The molecular formula is C9H9NO. The monoisotopic (exact) mass is 147 g/mol. The van der Waals surface area contributed by atoms with Crippen molar-refractivity contribution in [3.05, 3.63) is 23.4 Å². The van der Waals surface area contributed by atoms with Crippen molar-refractivity contribution in [2.75, 3.05) is 0 Å². The molecule has 0 saturated heterocycles. The van der Waals surface area contributed by atoms with Crippen molar-refractivity contribution in [3.63, 3.8) is 0 Å². The van der Waals surface area contributed by atoms with Crippen LogP contribution in [0.3, 0.4) is 0 Å². The van der Waals surface area contributed by atoms with Gasteiger partial charge >= 0.3 is 0 Å². The van der Waals surface area contributed by atoms with Crippen LogP contribution in [0.15, 0.2) is 23.4 Å². The minimum absolute atomic E-state index is 0.173. The lowest BCUT2D eigenvalue weighted by molar-refractivity contribution is -0.118. The summed E-state index contributed by atoms with van der Waals surface area (Å²) in [4.78, 5) is 11.0. The molecule has 1 aliphatic heterocycles. The number of carbonyl (C=O) groups is 1. The first-order valence-electron chi connectivity index (χ1n) is 4.06. The first-order chi connectivity index (χ1) is 5.34. The summed E-state index contributed by atoms with van der Waals surface area (Å²) in [5.74, 6) is 1.58. The van der Waals surface area contributed by atoms with Crippen LogP contribution in [0.5, 0.6) is 0 Å². The first-order valence-corrected chi connectivity index (χ1v) is 4.06. The van der Waals surface area contributed by atoms with Crippen LogP contribution in [0.1, 0.15) is 12.8 Å². The van der Waals surface area contributed by atoms with E-state index in [-0.39, 0.29) is 5.91 Å². The molecule has 1 amide bonds. The highest BCUT2D eigenvalue weighted by atomic mass is 16.1. The average Bonchev–Trinajstić information content (AvgIpc) is 2.67. The standard InChI is InChI=1S/C9H9NO/c11-8-4-6-2-1-5-3-7(5)9(6)10-8/h1-2,5,7H,3-4H2,(H,10,11). The summed E-state index contributed by atoms with van der Waals surface area (Å²) in [6.45, 7) is 0. The van der Waals surface area contributed by atoms with E-state index in [1.54, 1.807) is 0 Å². The number of nitrogens with one attached hydrogen (secondary N) is 1. The molecule has 2 heteroatoms. The Morgan fingerprint density at radius 2 is 2.45 bits per heavy atom. The Bertz CT molecular complexity index is 301. The summed E-state index contributed by atoms with van der Waals surface area (Å²) in [5, 5.41) is 2.94. The van der Waals surface area contributed by atoms with E-state index in [0.717, 1.165) is 5.92 Å². The zero-order valence-corrected chi connectivity index (χ0v) is 6.13. The van der Waals surface area contributed by atoms with Gasteiger partial charge in [0.25, 0.3) is 0 Å². The van der Waals surface area contributed by atoms with E-state index >= 15 is 0 Å². The third kappa shape index (κ3) is 0.642. The second kappa shape index (κ2) is 1.58. The summed E-state index contributed by atoms with van der Waals surface area (Å²) in [6, 6.07) is 0. The van der Waals surface area contributed by atoms with E-state index in [1.165, 1.54) is 17.7 Å². The predicted molar refractivity (Wildman–Crippen MR) is 40.5 cm³/mol. The molecule has 0 bridgehead atoms. The van der Waals surface area contributed by atoms with Crippen LogP contribution in [0.2, 0.25) is 0 Å². The van der Waals surface area contributed by atoms with Gasteiger partial charge in [-0.25, -0.2) is 0 Å². The molecule has 0 radical (unpaired) electrons. The van der Waals surface area contributed by atoms with Crippen molar-refractivity contribution in [1.29, 1.82) is 0 Å². The van der Waals surface area contributed by atoms with Crippen LogP contribution >= 0.6 is 0 Å². The van der Waals surface area contributed by atoms with E-state index in [4.69, 9.17) is 0 Å². The summed E-state index contributed by atoms with van der Waals surface area (Å²) in [5.41, 5.74) is 2.45. The van der Waals surface area contributed by atoms with Crippen molar-refractivity contribution in [2.24, 2.45) is 11.8 Å². The highest BCUT2D eigenvalue weighted by Crippen LogP contribution is 2.49. The van der Waals surface area contributed by atoms with Gasteiger partial charge in [-0.2, -0.15) is 0 Å². The van der Waals surface area contributed by atoms with E-state index in [9.17, 15) is 4.79 Å². The van der Waals surface area contributed by atoms with Gasteiger partial charge in [-0.05, 0) is 17.9 Å². The van der Waals surface area contributed by atoms with Crippen molar-refractivity contribution in [3.8, 4) is 0 Å². The van der Waals surface area contributed by atoms with E-state index < -0.39 is 0 Å². The lowest BCUT2D eigenvalue weighted by Crippen LogP contribution is -2.16. The molecule has 3 rings (SSSR count). The number of carbonyl (C=O) groups excluding carboxylic acids is 1. The Hall–Kier alpha value is -1.05. The smallest absolute Gasteiger partial charge is 0.228 e. The Morgan fingerprint density at radius 3 is 3.36 bits per heavy atom. The zero-order chi connectivity index (χ0) is 7.42. The fourth-order valence-electron chi connectivity index (χ4n) is 2.02. The predicted octanol–water partition coefficient (Wildman–Crippen LogP) is 0.966. The number of amides is 1. The van der Waals surface area contributed by atoms with Crippen LogP contribution in [-0.4, -0.2) is 5.91 Å². The van der Waals surface area contributed by atoms with E-state index in [0.29, 0.717) is 12.3 Å². The fourth-order valence-corrected chi connectivity index (χ4v) is 2.02. The molecule has 2 aliphatic carbocycles. The van der Waals surface area contributed by atoms with Crippen molar-refractivity contribution in [1.82, 2.24) is 5.32 Å². The largest absolute Gasteiger partial charge is 0.329 e. The molecule has 0 aromatic carbocycles. The van der Waals surface area contributed by atoms with Gasteiger partial charge in [-0.1, -0.05) is 12.2 Å². The number of hydrogen-bond donors (Lipinski definition) is 1. The Balaban J connectivity index is 2.04. The first kappa shape index (κ1) is 5.58. The molecule has 0 aromatic rings. The van der Waals surface area contributed by atoms with E-state index in [2.05, 4.69) is 17.5 Å². The number of allylic oxidation sites excluding steroid dienone is 3. The third-order valence-corrected chi connectivity index (χ3v) is 2.73. The Labute approximate surface area is 65.0 Å². The van der Waals surface area contributed by atoms with Crippen LogP contribution in [-0.2, 0) is 4.79 Å². The number of rotatable bonds is 0. The van der Waals surface area contributed by atoms with Crippen molar-refractivity contribution >= 4 is 5.91 Å². The third-order valence-electron chi connectivity index (χ3n) is 2.73. The maximum atomic E-state index is 11.0. The molecule has 11 heavy (non-hydrogen) atoms. The van der Waals surface area contributed by atoms with Gasteiger partial charge in [0.05, 0.1) is 6.42 Å². The second-order valence-electron chi connectivity index (χ2n) is 3.53. The second-order valence-corrected chi connectivity index (χ2v) is 3.53. The van der Waals surface area contributed by atoms with Gasteiger partial charge in [-0.15, -0.1) is 0 Å². The SMILES string of the molecule is O=C1CC2=C(N1)C1CC1C=C2.